The summed E-state index contributed by atoms with van der Waals surface area (Å²) in [5.74, 6) is -1.90. The summed E-state index contributed by atoms with van der Waals surface area (Å²) in [5.41, 5.74) is -1.13. The zero-order valence-electron chi connectivity index (χ0n) is 13.2. The zero-order chi connectivity index (χ0) is 16.2. The maximum Gasteiger partial charge on any atom is 0.325 e. The van der Waals surface area contributed by atoms with Gasteiger partial charge >= 0.3 is 11.9 Å². The minimum absolute atomic E-state index is 0.0483. The van der Waals surface area contributed by atoms with E-state index >= 15 is 0 Å². The second-order valence-electron chi connectivity index (χ2n) is 6.11. The Kier molecular flexibility index (Phi) is 5.75. The minimum Gasteiger partial charge on any atom is -0.481 e. The highest BCUT2D eigenvalue weighted by Gasteiger charge is 2.42. The first kappa shape index (κ1) is 17.5. The van der Waals surface area contributed by atoms with Crippen molar-refractivity contribution < 1.29 is 24.2 Å². The van der Waals surface area contributed by atoms with Crippen LogP contribution < -0.4 is 0 Å². The average molecular weight is 299 g/mol. The van der Waals surface area contributed by atoms with Crippen LogP contribution in [-0.4, -0.2) is 47.0 Å². The molecule has 0 saturated heterocycles. The molecule has 120 valence electrons. The summed E-state index contributed by atoms with van der Waals surface area (Å²) >= 11 is 0. The summed E-state index contributed by atoms with van der Waals surface area (Å²) < 4.78 is 4.88. The molecule has 1 amide bonds. The molecule has 6 nitrogen and oxygen atoms in total. The van der Waals surface area contributed by atoms with Gasteiger partial charge in [-0.05, 0) is 32.6 Å². The van der Waals surface area contributed by atoms with E-state index in [0.717, 1.165) is 12.8 Å². The summed E-state index contributed by atoms with van der Waals surface area (Å²) in [6, 6.07) is 0.0483. The molecule has 0 aliphatic heterocycles. The maximum atomic E-state index is 12.4. The van der Waals surface area contributed by atoms with Crippen LogP contribution in [0.5, 0.6) is 0 Å². The highest BCUT2D eigenvalue weighted by molar-refractivity contribution is 5.87. The van der Waals surface area contributed by atoms with E-state index in [4.69, 9.17) is 4.74 Å². The Morgan fingerprint density at radius 2 is 1.90 bits per heavy atom. The highest BCUT2D eigenvalue weighted by Crippen LogP contribution is 2.34. The van der Waals surface area contributed by atoms with Crippen LogP contribution >= 0.6 is 0 Å². The van der Waals surface area contributed by atoms with Crippen molar-refractivity contribution in [2.45, 2.75) is 53.0 Å². The molecule has 0 heterocycles. The molecule has 1 N–H and O–H groups in total. The van der Waals surface area contributed by atoms with Crippen molar-refractivity contribution in [2.75, 3.05) is 13.2 Å². The third-order valence-corrected chi connectivity index (χ3v) is 4.19. The van der Waals surface area contributed by atoms with Crippen molar-refractivity contribution >= 4 is 17.8 Å². The van der Waals surface area contributed by atoms with Gasteiger partial charge in [0.05, 0.1) is 12.0 Å². The SMILES string of the molecule is CCOC(=O)CN(C(=O)CC(C)(C(=O)O)C(C)C)C1CC1. The van der Waals surface area contributed by atoms with Gasteiger partial charge in [-0.15, -0.1) is 0 Å². The predicted molar refractivity (Wildman–Crippen MR) is 76.6 cm³/mol. The Hall–Kier alpha value is -1.59. The number of hydrogen-bond acceptors (Lipinski definition) is 4. The third kappa shape index (κ3) is 4.44. The topological polar surface area (TPSA) is 83.9 Å². The fourth-order valence-corrected chi connectivity index (χ4v) is 2.10. The number of rotatable bonds is 8. The fourth-order valence-electron chi connectivity index (χ4n) is 2.10. The fraction of sp³-hybridized carbons (Fsp3) is 0.800. The highest BCUT2D eigenvalue weighted by atomic mass is 16.5. The molecular weight excluding hydrogens is 274 g/mol. The maximum absolute atomic E-state index is 12.4. The standard InChI is InChI=1S/C15H25NO5/c1-5-21-13(18)9-16(11-6-7-11)12(17)8-15(4,10(2)3)14(19)20/h10-11H,5-9H2,1-4H3,(H,19,20). The number of carboxylic acids is 1. The predicted octanol–water partition coefficient (Wildman–Crippen LogP) is 1.68. The minimum atomic E-state index is -1.13. The van der Waals surface area contributed by atoms with Crippen LogP contribution in [0.1, 0.15) is 47.0 Å². The van der Waals surface area contributed by atoms with Crippen molar-refractivity contribution in [3.8, 4) is 0 Å². The van der Waals surface area contributed by atoms with Crippen LogP contribution in [0.3, 0.4) is 0 Å². The molecule has 6 heteroatoms. The van der Waals surface area contributed by atoms with Gasteiger partial charge in [0, 0.05) is 12.5 Å². The molecule has 0 aromatic heterocycles. The molecule has 1 aliphatic carbocycles. The number of ether oxygens (including phenoxy) is 1. The van der Waals surface area contributed by atoms with Gasteiger partial charge < -0.3 is 14.7 Å². The first-order valence-corrected chi connectivity index (χ1v) is 7.40. The third-order valence-electron chi connectivity index (χ3n) is 4.19. The second-order valence-corrected chi connectivity index (χ2v) is 6.11. The van der Waals surface area contributed by atoms with Gasteiger partial charge in [-0.2, -0.15) is 0 Å². The molecule has 0 aromatic carbocycles. The smallest absolute Gasteiger partial charge is 0.325 e. The van der Waals surface area contributed by atoms with E-state index in [1.807, 2.05) is 0 Å². The lowest BCUT2D eigenvalue weighted by atomic mass is 9.76. The number of aliphatic carboxylic acids is 1. The lowest BCUT2D eigenvalue weighted by Crippen LogP contribution is -2.44. The van der Waals surface area contributed by atoms with Gasteiger partial charge in [0.1, 0.15) is 6.54 Å². The first-order valence-electron chi connectivity index (χ1n) is 7.40. The molecule has 21 heavy (non-hydrogen) atoms. The summed E-state index contributed by atoms with van der Waals surface area (Å²) in [6.07, 6.45) is 1.61. The molecule has 1 atom stereocenters. The van der Waals surface area contributed by atoms with Gasteiger partial charge in [-0.1, -0.05) is 13.8 Å². The largest absolute Gasteiger partial charge is 0.481 e. The van der Waals surface area contributed by atoms with Gasteiger partial charge in [0.2, 0.25) is 5.91 Å². The molecule has 1 aliphatic rings. The van der Waals surface area contributed by atoms with E-state index in [9.17, 15) is 19.5 Å². The molecule has 0 aromatic rings. The lowest BCUT2D eigenvalue weighted by molar-refractivity contribution is -0.157. The molecule has 0 radical (unpaired) electrons. The Morgan fingerprint density at radius 3 is 2.29 bits per heavy atom. The lowest BCUT2D eigenvalue weighted by Gasteiger charge is -2.31. The zero-order valence-corrected chi connectivity index (χ0v) is 13.2. The second kappa shape index (κ2) is 6.91. The summed E-state index contributed by atoms with van der Waals surface area (Å²) in [4.78, 5) is 37.0. The molecule has 0 bridgehead atoms. The van der Waals surface area contributed by atoms with Crippen molar-refractivity contribution in [3.63, 3.8) is 0 Å². The van der Waals surface area contributed by atoms with Crippen molar-refractivity contribution in [3.05, 3.63) is 0 Å². The molecule has 1 saturated carbocycles. The number of hydrogen-bond donors (Lipinski definition) is 1. The van der Waals surface area contributed by atoms with E-state index < -0.39 is 17.4 Å². The summed E-state index contributed by atoms with van der Waals surface area (Å²) in [7, 11) is 0. The molecular formula is C15H25NO5. The van der Waals surface area contributed by atoms with Crippen LogP contribution in [0.4, 0.5) is 0 Å². The van der Waals surface area contributed by atoms with Gasteiger partial charge in [-0.25, -0.2) is 0 Å². The normalized spacial score (nSPS) is 17.2. The number of amides is 1. The van der Waals surface area contributed by atoms with Crippen molar-refractivity contribution in [1.29, 1.82) is 0 Å². The van der Waals surface area contributed by atoms with Gasteiger partial charge in [0.15, 0.2) is 0 Å². The number of carbonyl (C=O) groups is 3. The van der Waals surface area contributed by atoms with Crippen molar-refractivity contribution in [2.24, 2.45) is 11.3 Å². The number of carbonyl (C=O) groups excluding carboxylic acids is 2. The van der Waals surface area contributed by atoms with Crippen LogP contribution in [-0.2, 0) is 19.1 Å². The molecule has 1 fully saturated rings. The van der Waals surface area contributed by atoms with E-state index in [1.54, 1.807) is 27.7 Å². The Labute approximate surface area is 125 Å². The average Bonchev–Trinajstić information content (AvgIpc) is 3.19. The summed E-state index contributed by atoms with van der Waals surface area (Å²) in [5, 5.41) is 9.39. The van der Waals surface area contributed by atoms with Crippen molar-refractivity contribution in [1.82, 2.24) is 4.90 Å². The number of nitrogens with zero attached hydrogens (tertiary/aromatic N) is 1. The Bertz CT molecular complexity index is 416. The van der Waals surface area contributed by atoms with E-state index in [0.29, 0.717) is 0 Å². The molecule has 1 rings (SSSR count). The van der Waals surface area contributed by atoms with Gasteiger partial charge in [0.25, 0.3) is 0 Å². The van der Waals surface area contributed by atoms with E-state index in [1.165, 1.54) is 4.90 Å². The van der Waals surface area contributed by atoms with E-state index in [2.05, 4.69) is 0 Å². The van der Waals surface area contributed by atoms with Crippen LogP contribution in [0.25, 0.3) is 0 Å². The van der Waals surface area contributed by atoms with Crippen LogP contribution in [0.15, 0.2) is 0 Å². The monoisotopic (exact) mass is 299 g/mol. The number of carboxylic acid groups (broad SMARTS) is 1. The first-order chi connectivity index (χ1) is 9.72. The Balaban J connectivity index is 2.77. The van der Waals surface area contributed by atoms with Crippen LogP contribution in [0.2, 0.25) is 0 Å². The van der Waals surface area contributed by atoms with E-state index in [-0.39, 0.29) is 37.4 Å². The molecule has 1 unspecified atom stereocenters. The quantitative estimate of drug-likeness (QED) is 0.689. The Morgan fingerprint density at radius 1 is 1.33 bits per heavy atom. The summed E-state index contributed by atoms with van der Waals surface area (Å²) in [6.45, 7) is 7.03. The number of esters is 1. The molecule has 0 spiro atoms. The van der Waals surface area contributed by atoms with Crippen LogP contribution in [0, 0.1) is 11.3 Å². The van der Waals surface area contributed by atoms with Gasteiger partial charge in [-0.3, -0.25) is 14.4 Å².